The van der Waals surface area contributed by atoms with Crippen molar-refractivity contribution in [2.24, 2.45) is 5.10 Å². The number of hydrogen-bond acceptors (Lipinski definition) is 4. The van der Waals surface area contributed by atoms with Crippen molar-refractivity contribution in [1.82, 2.24) is 0 Å². The lowest BCUT2D eigenvalue weighted by Gasteiger charge is -2.26. The molecule has 0 aliphatic carbocycles. The van der Waals surface area contributed by atoms with E-state index in [-0.39, 0.29) is 17.3 Å². The van der Waals surface area contributed by atoms with Crippen molar-refractivity contribution < 1.29 is 13.9 Å². The second kappa shape index (κ2) is 12.8. The van der Waals surface area contributed by atoms with Crippen LogP contribution in [0.2, 0.25) is 0 Å². The second-order valence-electron chi connectivity index (χ2n) is 12.2. The van der Waals surface area contributed by atoms with E-state index in [1.807, 2.05) is 42.5 Å². The Morgan fingerprint density at radius 2 is 1.30 bits per heavy atom. The molecule has 4 nitrogen and oxygen atoms in total. The molecule has 5 heteroatoms. The molecule has 6 rings (SSSR count). The number of anilines is 1. The Morgan fingerprint density at radius 1 is 0.705 bits per heavy atom. The van der Waals surface area contributed by atoms with Crippen molar-refractivity contribution in [2.75, 3.05) is 5.01 Å². The van der Waals surface area contributed by atoms with Gasteiger partial charge >= 0.3 is 0 Å². The highest BCUT2D eigenvalue weighted by Gasteiger charge is 2.31. The van der Waals surface area contributed by atoms with Crippen molar-refractivity contribution in [3.8, 4) is 11.5 Å². The fourth-order valence-corrected chi connectivity index (χ4v) is 5.37. The number of hydrazone groups is 1. The van der Waals surface area contributed by atoms with Gasteiger partial charge in [0.2, 0.25) is 0 Å². The highest BCUT2D eigenvalue weighted by atomic mass is 19.1. The number of rotatable bonds is 9. The molecule has 1 atom stereocenters. The first-order chi connectivity index (χ1) is 21.3. The summed E-state index contributed by atoms with van der Waals surface area (Å²) in [6.45, 7) is 7.50. The number of nitrogens with zero attached hydrogens (tertiary/aromatic N) is 2. The maximum Gasteiger partial charge on any atom is 0.162 e. The first-order valence-corrected chi connectivity index (χ1v) is 15.0. The minimum Gasteiger partial charge on any atom is -0.485 e. The van der Waals surface area contributed by atoms with Gasteiger partial charge in [-0.25, -0.2) is 4.39 Å². The summed E-state index contributed by atoms with van der Waals surface area (Å²) < 4.78 is 26.5. The topological polar surface area (TPSA) is 34.1 Å². The van der Waals surface area contributed by atoms with Gasteiger partial charge in [-0.05, 0) is 69.6 Å². The van der Waals surface area contributed by atoms with E-state index in [2.05, 4.69) is 86.4 Å². The molecular formula is C39H37FN2O2. The maximum atomic E-state index is 13.8. The molecule has 0 radical (unpaired) electrons. The molecule has 0 saturated carbocycles. The van der Waals surface area contributed by atoms with Crippen LogP contribution in [-0.2, 0) is 18.6 Å². The molecule has 0 saturated heterocycles. The molecule has 0 amide bonds. The SMILES string of the molecule is CC(C)(C)c1ccc(N2N=C(c3ccc(F)cc3)CC2c2ccc(OCc3ccccc3)c(OCc3ccccc3)c2)cc1. The van der Waals surface area contributed by atoms with Crippen LogP contribution in [0.4, 0.5) is 10.1 Å². The van der Waals surface area contributed by atoms with Gasteiger partial charge in [-0.2, -0.15) is 5.10 Å². The third-order valence-corrected chi connectivity index (χ3v) is 7.91. The third-order valence-electron chi connectivity index (χ3n) is 7.91. The first kappa shape index (κ1) is 29.2. The van der Waals surface area contributed by atoms with Crippen molar-refractivity contribution in [3.63, 3.8) is 0 Å². The summed E-state index contributed by atoms with van der Waals surface area (Å²) in [5.74, 6) is 1.11. The molecule has 0 fully saturated rings. The summed E-state index contributed by atoms with van der Waals surface area (Å²) in [6.07, 6.45) is 0.662. The maximum absolute atomic E-state index is 13.8. The van der Waals surface area contributed by atoms with Gasteiger partial charge in [-0.15, -0.1) is 0 Å². The van der Waals surface area contributed by atoms with Gasteiger partial charge in [-0.3, -0.25) is 5.01 Å². The fraction of sp³-hybridized carbons (Fsp3) is 0.205. The Hall–Kier alpha value is -4.90. The average Bonchev–Trinajstić information content (AvgIpc) is 3.49. The lowest BCUT2D eigenvalue weighted by molar-refractivity contribution is 0.255. The second-order valence-corrected chi connectivity index (χ2v) is 12.2. The van der Waals surface area contributed by atoms with Gasteiger partial charge in [0.05, 0.1) is 17.4 Å². The van der Waals surface area contributed by atoms with E-state index in [0.717, 1.165) is 33.7 Å². The summed E-state index contributed by atoms with van der Waals surface area (Å²) in [5, 5.41) is 7.16. The van der Waals surface area contributed by atoms with E-state index in [1.165, 1.54) is 17.7 Å². The number of halogens is 1. The summed E-state index contributed by atoms with van der Waals surface area (Å²) in [4.78, 5) is 0. The molecule has 1 aliphatic rings. The quantitative estimate of drug-likeness (QED) is 0.173. The van der Waals surface area contributed by atoms with Gasteiger partial charge < -0.3 is 9.47 Å². The summed E-state index contributed by atoms with van der Waals surface area (Å²) >= 11 is 0. The van der Waals surface area contributed by atoms with Crippen molar-refractivity contribution >= 4 is 11.4 Å². The van der Waals surface area contributed by atoms with Gasteiger partial charge in [0, 0.05) is 6.42 Å². The van der Waals surface area contributed by atoms with Crippen LogP contribution in [0.1, 0.15) is 61.1 Å². The van der Waals surface area contributed by atoms with Crippen molar-refractivity contribution in [2.45, 2.75) is 51.9 Å². The molecule has 222 valence electrons. The zero-order chi connectivity index (χ0) is 30.5. The number of benzene rings is 5. The van der Waals surface area contributed by atoms with E-state index in [0.29, 0.717) is 31.1 Å². The van der Waals surface area contributed by atoms with Crippen LogP contribution in [0.25, 0.3) is 0 Å². The Kier molecular flexibility index (Phi) is 8.47. The average molecular weight is 585 g/mol. The molecular weight excluding hydrogens is 547 g/mol. The van der Waals surface area contributed by atoms with E-state index >= 15 is 0 Å². The van der Waals surface area contributed by atoms with E-state index in [9.17, 15) is 4.39 Å². The molecule has 0 aromatic heterocycles. The van der Waals surface area contributed by atoms with Crippen LogP contribution in [0.15, 0.2) is 132 Å². The van der Waals surface area contributed by atoms with E-state index in [1.54, 1.807) is 12.1 Å². The third kappa shape index (κ3) is 6.84. The van der Waals surface area contributed by atoms with Crippen LogP contribution < -0.4 is 14.5 Å². The van der Waals surface area contributed by atoms with E-state index < -0.39 is 0 Å². The van der Waals surface area contributed by atoms with E-state index in [4.69, 9.17) is 14.6 Å². The van der Waals surface area contributed by atoms with Gasteiger partial charge in [0.1, 0.15) is 19.0 Å². The monoisotopic (exact) mass is 584 g/mol. The van der Waals surface area contributed by atoms with Gasteiger partial charge in [0.25, 0.3) is 0 Å². The van der Waals surface area contributed by atoms with Crippen LogP contribution in [-0.4, -0.2) is 5.71 Å². The lowest BCUT2D eigenvalue weighted by Crippen LogP contribution is -2.19. The summed E-state index contributed by atoms with van der Waals surface area (Å²) in [5.41, 5.74) is 7.35. The van der Waals surface area contributed by atoms with Crippen LogP contribution in [0.3, 0.4) is 0 Å². The molecule has 0 N–H and O–H groups in total. The predicted molar refractivity (Wildman–Crippen MR) is 176 cm³/mol. The largest absolute Gasteiger partial charge is 0.485 e. The molecule has 1 unspecified atom stereocenters. The van der Waals surface area contributed by atoms with Crippen LogP contribution in [0, 0.1) is 5.82 Å². The van der Waals surface area contributed by atoms with Crippen molar-refractivity contribution in [1.29, 1.82) is 0 Å². The summed E-state index contributed by atoms with van der Waals surface area (Å²) in [6, 6.07) is 41.5. The van der Waals surface area contributed by atoms with Gasteiger partial charge in [0.15, 0.2) is 11.5 Å². The standard InChI is InChI=1S/C39H37FN2O2/c1-39(2,3)32-17-21-34(22-18-32)42-36(25-35(41-42)30-14-19-33(40)20-15-30)31-16-23-37(43-26-28-10-6-4-7-11-28)38(24-31)44-27-29-12-8-5-9-13-29/h4-24,36H,25-27H2,1-3H3. The highest BCUT2D eigenvalue weighted by Crippen LogP contribution is 2.41. The lowest BCUT2D eigenvalue weighted by atomic mass is 9.87. The fourth-order valence-electron chi connectivity index (χ4n) is 5.37. The van der Waals surface area contributed by atoms with Crippen molar-refractivity contribution in [3.05, 3.63) is 161 Å². The Bertz CT molecular complexity index is 1710. The Labute approximate surface area is 259 Å². The molecule has 5 aromatic carbocycles. The molecule has 1 heterocycles. The Balaban J connectivity index is 1.34. The molecule has 1 aliphatic heterocycles. The first-order valence-electron chi connectivity index (χ1n) is 15.0. The number of ether oxygens (including phenoxy) is 2. The normalized spacial score (nSPS) is 14.8. The predicted octanol–water partition coefficient (Wildman–Crippen LogP) is 9.64. The molecule has 44 heavy (non-hydrogen) atoms. The highest BCUT2D eigenvalue weighted by molar-refractivity contribution is 6.03. The minimum atomic E-state index is -0.259. The smallest absolute Gasteiger partial charge is 0.162 e. The Morgan fingerprint density at radius 3 is 1.89 bits per heavy atom. The zero-order valence-corrected chi connectivity index (χ0v) is 25.4. The zero-order valence-electron chi connectivity index (χ0n) is 25.4. The number of hydrogen-bond donors (Lipinski definition) is 0. The summed E-state index contributed by atoms with van der Waals surface area (Å²) in [7, 11) is 0. The molecule has 0 bridgehead atoms. The molecule has 5 aromatic rings. The molecule has 0 spiro atoms. The van der Waals surface area contributed by atoms with Gasteiger partial charge in [-0.1, -0.05) is 112 Å². The van der Waals surface area contributed by atoms with Crippen LogP contribution >= 0.6 is 0 Å². The minimum absolute atomic E-state index is 0.0477. The van der Waals surface area contributed by atoms with Crippen LogP contribution in [0.5, 0.6) is 11.5 Å².